The lowest BCUT2D eigenvalue weighted by atomic mass is 10.2. The molecule has 21 heavy (non-hydrogen) atoms. The van der Waals surface area contributed by atoms with E-state index in [4.69, 9.17) is 5.73 Å². The molecule has 0 fully saturated rings. The Morgan fingerprint density at radius 1 is 1.38 bits per heavy atom. The van der Waals surface area contributed by atoms with E-state index in [9.17, 15) is 4.79 Å². The van der Waals surface area contributed by atoms with Gasteiger partial charge in [-0.3, -0.25) is 14.8 Å². The molecule has 0 bridgehead atoms. The van der Waals surface area contributed by atoms with Crippen LogP contribution in [0.15, 0.2) is 53.1 Å². The number of nitrogens with zero attached hydrogens (tertiary/aromatic N) is 2. The first-order valence-electron chi connectivity index (χ1n) is 6.91. The maximum Gasteiger partial charge on any atom is 0.267 e. The molecule has 0 spiro atoms. The number of hydrogen-bond acceptors (Lipinski definition) is 4. The molecular weight excluding hydrogens is 264 g/mol. The Balaban J connectivity index is 0.00000191. The second-order valence-corrected chi connectivity index (χ2v) is 3.95. The highest BCUT2D eigenvalue weighted by Crippen LogP contribution is 1.97. The molecule has 0 aliphatic carbocycles. The van der Waals surface area contributed by atoms with Crippen LogP contribution in [0.1, 0.15) is 26.3 Å². The Kier molecular flexibility index (Phi) is 10.1. The van der Waals surface area contributed by atoms with E-state index >= 15 is 0 Å². The Labute approximate surface area is 126 Å². The van der Waals surface area contributed by atoms with Gasteiger partial charge in [-0.2, -0.15) is 0 Å². The third kappa shape index (κ3) is 8.36. The van der Waals surface area contributed by atoms with E-state index in [0.717, 1.165) is 12.0 Å². The molecule has 1 aromatic rings. The van der Waals surface area contributed by atoms with Gasteiger partial charge in [-0.05, 0) is 49.9 Å². The summed E-state index contributed by atoms with van der Waals surface area (Å²) in [6.07, 6.45) is 7.35. The number of hydrogen-bond donors (Lipinski definition) is 2. The number of amides is 1. The van der Waals surface area contributed by atoms with Gasteiger partial charge >= 0.3 is 0 Å². The highest BCUT2D eigenvalue weighted by Gasteiger charge is 2.03. The topological polar surface area (TPSA) is 80.4 Å². The van der Waals surface area contributed by atoms with E-state index < -0.39 is 0 Å². The molecule has 0 saturated heterocycles. The van der Waals surface area contributed by atoms with Gasteiger partial charge in [0.1, 0.15) is 0 Å². The molecule has 0 aliphatic rings. The minimum atomic E-state index is -0.290. The number of allylic oxidation sites excluding steroid dienone is 3. The third-order valence-electron chi connectivity index (χ3n) is 2.46. The predicted molar refractivity (Wildman–Crippen MR) is 87.9 cm³/mol. The molecule has 5 heteroatoms. The lowest BCUT2D eigenvalue weighted by molar-refractivity contribution is -0.117. The highest BCUT2D eigenvalue weighted by atomic mass is 16.1. The fourth-order valence-corrected chi connectivity index (χ4v) is 1.31. The number of carbonyl (C=O) groups excluding carboxylic acids is 1. The first-order chi connectivity index (χ1) is 10.1. The summed E-state index contributed by atoms with van der Waals surface area (Å²) in [5.41, 5.74) is 7.60. The van der Waals surface area contributed by atoms with Gasteiger partial charge in [0.25, 0.3) is 5.91 Å². The smallest absolute Gasteiger partial charge is 0.267 e. The Hall–Kier alpha value is -2.43. The molecule has 1 aromatic heterocycles. The van der Waals surface area contributed by atoms with Crippen LogP contribution in [0.25, 0.3) is 0 Å². The van der Waals surface area contributed by atoms with Gasteiger partial charge in [0.15, 0.2) is 0 Å². The normalized spacial score (nSPS) is 11.2. The van der Waals surface area contributed by atoms with E-state index in [1.54, 1.807) is 25.4 Å². The van der Waals surface area contributed by atoms with Gasteiger partial charge in [-0.15, -0.1) is 0 Å². The third-order valence-corrected chi connectivity index (χ3v) is 2.46. The fourth-order valence-electron chi connectivity index (χ4n) is 1.31. The van der Waals surface area contributed by atoms with Crippen molar-refractivity contribution in [3.05, 3.63) is 53.6 Å². The highest BCUT2D eigenvalue weighted by molar-refractivity contribution is 5.92. The van der Waals surface area contributed by atoms with Crippen LogP contribution < -0.4 is 11.1 Å². The summed E-state index contributed by atoms with van der Waals surface area (Å²) in [6, 6.07) is 3.82. The summed E-state index contributed by atoms with van der Waals surface area (Å²) in [5.74, 6) is -0.290. The van der Waals surface area contributed by atoms with Crippen molar-refractivity contribution in [2.75, 3.05) is 6.54 Å². The van der Waals surface area contributed by atoms with Gasteiger partial charge in [-0.25, -0.2) is 0 Å². The summed E-state index contributed by atoms with van der Waals surface area (Å²) < 4.78 is 0. The summed E-state index contributed by atoms with van der Waals surface area (Å²) in [5, 5.41) is 2.74. The van der Waals surface area contributed by atoms with Crippen LogP contribution in [-0.4, -0.2) is 24.2 Å². The molecule has 0 radical (unpaired) electrons. The molecule has 1 heterocycles. The van der Waals surface area contributed by atoms with Crippen LogP contribution in [-0.2, 0) is 11.2 Å². The maximum atomic E-state index is 11.6. The molecule has 5 nitrogen and oxygen atoms in total. The number of aromatic nitrogens is 1. The quantitative estimate of drug-likeness (QED) is 0.478. The standard InChI is InChI=1S/C14H18N4O.C2H6/c1-11(16-2)3-4-13(15)14(19)18-10-7-12-5-8-17-9-6-12;1-2/h3-6,8-9H,2,7,10,15H2,1H3,(H,18,19);1-2H3/b11-3-,13-4-;. The van der Waals surface area contributed by atoms with Gasteiger partial charge in [0.2, 0.25) is 0 Å². The zero-order chi connectivity index (χ0) is 16.1. The molecule has 0 aliphatic heterocycles. The van der Waals surface area contributed by atoms with Gasteiger partial charge in [-0.1, -0.05) is 13.8 Å². The molecule has 114 valence electrons. The van der Waals surface area contributed by atoms with E-state index in [1.807, 2.05) is 26.0 Å². The molecule has 3 N–H and O–H groups in total. The summed E-state index contributed by atoms with van der Waals surface area (Å²) in [6.45, 7) is 9.68. The number of nitrogens with one attached hydrogen (secondary N) is 1. The first-order valence-corrected chi connectivity index (χ1v) is 6.91. The van der Waals surface area contributed by atoms with Crippen molar-refractivity contribution < 1.29 is 4.79 Å². The molecule has 0 aromatic carbocycles. The zero-order valence-electron chi connectivity index (χ0n) is 13.0. The summed E-state index contributed by atoms with van der Waals surface area (Å²) >= 11 is 0. The van der Waals surface area contributed by atoms with Crippen LogP contribution in [0.2, 0.25) is 0 Å². The molecule has 0 saturated carbocycles. The lowest BCUT2D eigenvalue weighted by Crippen LogP contribution is -2.30. The average molecular weight is 288 g/mol. The Morgan fingerprint density at radius 2 is 2.00 bits per heavy atom. The van der Waals surface area contributed by atoms with E-state index in [2.05, 4.69) is 22.0 Å². The van der Waals surface area contributed by atoms with Crippen molar-refractivity contribution >= 4 is 12.6 Å². The summed E-state index contributed by atoms with van der Waals surface area (Å²) in [7, 11) is 0. The zero-order valence-corrected chi connectivity index (χ0v) is 13.0. The van der Waals surface area contributed by atoms with Crippen LogP contribution >= 0.6 is 0 Å². The number of aliphatic imine (C=N–C) groups is 1. The SMILES string of the molecule is C=N/C(C)=C\C=C(/N)C(=O)NCCc1ccncc1.CC. The van der Waals surface area contributed by atoms with Crippen molar-refractivity contribution in [2.45, 2.75) is 27.2 Å². The van der Waals surface area contributed by atoms with Gasteiger partial charge in [0, 0.05) is 24.6 Å². The monoisotopic (exact) mass is 288 g/mol. The van der Waals surface area contributed by atoms with E-state index in [1.165, 1.54) is 6.08 Å². The number of pyridine rings is 1. The number of carbonyl (C=O) groups is 1. The largest absolute Gasteiger partial charge is 0.394 e. The van der Waals surface area contributed by atoms with Crippen molar-refractivity contribution in [2.24, 2.45) is 10.7 Å². The van der Waals surface area contributed by atoms with Gasteiger partial charge < -0.3 is 11.1 Å². The molecule has 0 unspecified atom stereocenters. The molecule has 1 rings (SSSR count). The van der Waals surface area contributed by atoms with Crippen molar-refractivity contribution in [3.8, 4) is 0 Å². The lowest BCUT2D eigenvalue weighted by Gasteiger charge is -2.04. The van der Waals surface area contributed by atoms with Crippen LogP contribution in [0, 0.1) is 0 Å². The van der Waals surface area contributed by atoms with E-state index in [0.29, 0.717) is 12.2 Å². The number of nitrogens with two attached hydrogens (primary N) is 1. The van der Waals surface area contributed by atoms with Gasteiger partial charge in [0.05, 0.1) is 5.70 Å². The van der Waals surface area contributed by atoms with Crippen LogP contribution in [0.3, 0.4) is 0 Å². The van der Waals surface area contributed by atoms with Crippen molar-refractivity contribution in [3.63, 3.8) is 0 Å². The predicted octanol–water partition coefficient (Wildman–Crippen LogP) is 2.21. The van der Waals surface area contributed by atoms with Crippen LogP contribution in [0.4, 0.5) is 0 Å². The minimum Gasteiger partial charge on any atom is -0.394 e. The van der Waals surface area contributed by atoms with E-state index in [-0.39, 0.29) is 11.6 Å². The van der Waals surface area contributed by atoms with Crippen LogP contribution in [0.5, 0.6) is 0 Å². The maximum absolute atomic E-state index is 11.6. The van der Waals surface area contributed by atoms with Crippen molar-refractivity contribution in [1.29, 1.82) is 0 Å². The molecule has 0 atom stereocenters. The minimum absolute atomic E-state index is 0.151. The Bertz CT molecular complexity index is 492. The second kappa shape index (κ2) is 11.4. The number of rotatable bonds is 6. The molecular formula is C16H24N4O. The molecule has 1 amide bonds. The second-order valence-electron chi connectivity index (χ2n) is 3.95. The average Bonchev–Trinajstić information content (AvgIpc) is 2.54. The first kappa shape index (κ1) is 18.6. The Morgan fingerprint density at radius 3 is 2.57 bits per heavy atom. The fraction of sp³-hybridized carbons (Fsp3) is 0.312. The van der Waals surface area contributed by atoms with Crippen molar-refractivity contribution in [1.82, 2.24) is 10.3 Å². The summed E-state index contributed by atoms with van der Waals surface area (Å²) in [4.78, 5) is 19.3.